The minimum absolute atomic E-state index is 0.0962. The molecule has 2 aromatic heterocycles. The number of thioether (sulfide) groups is 1. The number of nitrogens with zero attached hydrogens (tertiary/aromatic N) is 4. The van der Waals surface area contributed by atoms with Gasteiger partial charge in [-0.1, -0.05) is 42.4 Å². The lowest BCUT2D eigenvalue weighted by Gasteiger charge is -2.23. The molecule has 128 valence electrons. The second kappa shape index (κ2) is 6.77. The number of aromatic nitrogens is 4. The van der Waals surface area contributed by atoms with Crippen LogP contribution in [0.3, 0.4) is 0 Å². The Kier molecular flexibility index (Phi) is 4.48. The van der Waals surface area contributed by atoms with Gasteiger partial charge in [0.05, 0.1) is 11.3 Å². The van der Waals surface area contributed by atoms with Crippen molar-refractivity contribution in [2.45, 2.75) is 37.3 Å². The third-order valence-electron chi connectivity index (χ3n) is 4.32. The summed E-state index contributed by atoms with van der Waals surface area (Å²) in [5.41, 5.74) is 2.53. The minimum atomic E-state index is 0.0962. The second-order valence-electron chi connectivity index (χ2n) is 6.17. The highest BCUT2D eigenvalue weighted by Gasteiger charge is 2.28. The molecule has 0 bridgehead atoms. The fourth-order valence-corrected chi connectivity index (χ4v) is 3.99. The number of carbonyl (C=O) groups is 1. The van der Waals surface area contributed by atoms with E-state index in [1.54, 1.807) is 22.5 Å². The molecule has 3 aromatic rings. The van der Waals surface area contributed by atoms with Crippen molar-refractivity contribution in [2.24, 2.45) is 0 Å². The molecule has 0 saturated heterocycles. The number of rotatable bonds is 4. The molecular formula is C18H17ClN4OS. The summed E-state index contributed by atoms with van der Waals surface area (Å²) >= 11 is 7.70. The Labute approximate surface area is 154 Å². The molecule has 1 aliphatic carbocycles. The van der Waals surface area contributed by atoms with E-state index in [1.165, 1.54) is 0 Å². The maximum absolute atomic E-state index is 12.6. The van der Waals surface area contributed by atoms with Crippen molar-refractivity contribution in [3.63, 3.8) is 0 Å². The first-order valence-electron chi connectivity index (χ1n) is 8.32. The lowest BCUT2D eigenvalue weighted by molar-refractivity contribution is 0.0962. The van der Waals surface area contributed by atoms with E-state index < -0.39 is 0 Å². The molecule has 0 radical (unpaired) electrons. The standard InChI is InChI=1S/C18H17ClN4OS/c1-2-6-25-18-21-17-20-15-8-12(11-4-3-5-13(19)7-11)9-16(24)14(15)10-23(17)22-18/h3-5,7,10,12H,2,6,8-9H2,1H3/t12-/m0/s1. The van der Waals surface area contributed by atoms with Crippen molar-refractivity contribution in [1.82, 2.24) is 19.6 Å². The van der Waals surface area contributed by atoms with E-state index in [0.29, 0.717) is 34.4 Å². The second-order valence-corrected chi connectivity index (χ2v) is 7.67. The van der Waals surface area contributed by atoms with E-state index in [-0.39, 0.29) is 11.7 Å². The SMILES string of the molecule is CCCSc1nc2nc3c(cn2n1)C(=O)C[C@@H](c1cccc(Cl)c1)C3. The van der Waals surface area contributed by atoms with Gasteiger partial charge in [-0.2, -0.15) is 4.98 Å². The molecule has 1 aliphatic rings. The molecule has 5 nitrogen and oxygen atoms in total. The average Bonchev–Trinajstić information content (AvgIpc) is 3.00. The van der Waals surface area contributed by atoms with Gasteiger partial charge >= 0.3 is 0 Å². The van der Waals surface area contributed by atoms with Gasteiger partial charge in [0.15, 0.2) is 5.78 Å². The van der Waals surface area contributed by atoms with Crippen LogP contribution in [-0.4, -0.2) is 31.1 Å². The van der Waals surface area contributed by atoms with Gasteiger partial charge in [0.2, 0.25) is 5.16 Å². The Hall–Kier alpha value is -1.92. The minimum Gasteiger partial charge on any atom is -0.294 e. The van der Waals surface area contributed by atoms with Gasteiger partial charge < -0.3 is 0 Å². The van der Waals surface area contributed by atoms with Gasteiger partial charge in [-0.05, 0) is 36.5 Å². The number of Topliss-reactive ketones (excluding diaryl/α,β-unsaturated/α-hetero) is 1. The molecule has 0 saturated carbocycles. The van der Waals surface area contributed by atoms with Crippen LogP contribution in [0.25, 0.3) is 5.78 Å². The lowest BCUT2D eigenvalue weighted by atomic mass is 9.82. The summed E-state index contributed by atoms with van der Waals surface area (Å²) in [6, 6.07) is 7.71. The zero-order valence-electron chi connectivity index (χ0n) is 13.8. The third-order valence-corrected chi connectivity index (χ3v) is 5.60. The van der Waals surface area contributed by atoms with Crippen LogP contribution in [0.15, 0.2) is 35.6 Å². The quantitative estimate of drug-likeness (QED) is 0.642. The number of hydrogen-bond acceptors (Lipinski definition) is 5. The first-order valence-corrected chi connectivity index (χ1v) is 9.68. The molecule has 1 atom stereocenters. The fourth-order valence-electron chi connectivity index (χ4n) is 3.12. The Balaban J connectivity index is 1.69. The first-order chi connectivity index (χ1) is 12.1. The molecule has 4 rings (SSSR count). The van der Waals surface area contributed by atoms with Crippen molar-refractivity contribution in [3.8, 4) is 0 Å². The Morgan fingerprint density at radius 1 is 1.32 bits per heavy atom. The van der Waals surface area contributed by atoms with Crippen molar-refractivity contribution in [1.29, 1.82) is 0 Å². The summed E-state index contributed by atoms with van der Waals surface area (Å²) in [5.74, 6) is 1.72. The summed E-state index contributed by atoms with van der Waals surface area (Å²) < 4.78 is 1.62. The molecule has 2 heterocycles. The van der Waals surface area contributed by atoms with Crippen LogP contribution in [0.5, 0.6) is 0 Å². The monoisotopic (exact) mass is 372 g/mol. The predicted octanol–water partition coefficient (Wildman–Crippen LogP) is 4.19. The Morgan fingerprint density at radius 2 is 2.20 bits per heavy atom. The maximum Gasteiger partial charge on any atom is 0.253 e. The van der Waals surface area contributed by atoms with E-state index in [1.807, 2.05) is 24.3 Å². The van der Waals surface area contributed by atoms with E-state index in [0.717, 1.165) is 23.4 Å². The molecule has 25 heavy (non-hydrogen) atoms. The van der Waals surface area contributed by atoms with Crippen molar-refractivity contribution >= 4 is 34.9 Å². The van der Waals surface area contributed by atoms with Gasteiger partial charge in [-0.25, -0.2) is 9.50 Å². The van der Waals surface area contributed by atoms with Gasteiger partial charge in [-0.3, -0.25) is 4.79 Å². The fraction of sp³-hybridized carbons (Fsp3) is 0.333. The number of carbonyl (C=O) groups excluding carboxylic acids is 1. The number of benzene rings is 1. The van der Waals surface area contributed by atoms with Gasteiger partial charge in [-0.15, -0.1) is 5.10 Å². The Bertz CT molecular complexity index is 955. The van der Waals surface area contributed by atoms with Crippen LogP contribution < -0.4 is 0 Å². The highest BCUT2D eigenvalue weighted by molar-refractivity contribution is 7.99. The normalized spacial score (nSPS) is 17.0. The smallest absolute Gasteiger partial charge is 0.253 e. The summed E-state index contributed by atoms with van der Waals surface area (Å²) in [7, 11) is 0. The zero-order chi connectivity index (χ0) is 17.4. The number of hydrogen-bond donors (Lipinski definition) is 0. The molecule has 7 heteroatoms. The summed E-state index contributed by atoms with van der Waals surface area (Å²) in [5, 5.41) is 5.81. The van der Waals surface area contributed by atoms with Crippen LogP contribution in [0, 0.1) is 0 Å². The molecule has 0 aliphatic heterocycles. The highest BCUT2D eigenvalue weighted by atomic mass is 35.5. The van der Waals surface area contributed by atoms with Crippen LogP contribution in [0.1, 0.15) is 47.3 Å². The molecule has 0 amide bonds. The average molecular weight is 373 g/mol. The molecular weight excluding hydrogens is 356 g/mol. The van der Waals surface area contributed by atoms with Crippen molar-refractivity contribution in [2.75, 3.05) is 5.75 Å². The molecule has 0 fully saturated rings. The van der Waals surface area contributed by atoms with E-state index in [4.69, 9.17) is 11.6 Å². The molecule has 0 unspecified atom stereocenters. The van der Waals surface area contributed by atoms with Crippen LogP contribution in [0.4, 0.5) is 0 Å². The number of halogens is 1. The summed E-state index contributed by atoms with van der Waals surface area (Å²) in [4.78, 5) is 21.7. The zero-order valence-corrected chi connectivity index (χ0v) is 15.3. The van der Waals surface area contributed by atoms with Crippen LogP contribution in [0.2, 0.25) is 5.02 Å². The molecule has 1 aromatic carbocycles. The Morgan fingerprint density at radius 3 is 3.00 bits per heavy atom. The first kappa shape index (κ1) is 16.5. The van der Waals surface area contributed by atoms with Gasteiger partial charge in [0.25, 0.3) is 5.78 Å². The highest BCUT2D eigenvalue weighted by Crippen LogP contribution is 2.33. The summed E-state index contributed by atoms with van der Waals surface area (Å²) in [6.07, 6.45) is 4.01. The molecule has 0 spiro atoms. The lowest BCUT2D eigenvalue weighted by Crippen LogP contribution is -2.21. The van der Waals surface area contributed by atoms with Crippen molar-refractivity contribution in [3.05, 3.63) is 52.3 Å². The maximum atomic E-state index is 12.6. The molecule has 0 N–H and O–H groups in total. The predicted molar refractivity (Wildman–Crippen MR) is 98.6 cm³/mol. The number of fused-ring (bicyclic) bond motifs is 2. The van der Waals surface area contributed by atoms with Crippen LogP contribution in [-0.2, 0) is 6.42 Å². The van der Waals surface area contributed by atoms with Gasteiger partial charge in [0, 0.05) is 23.4 Å². The van der Waals surface area contributed by atoms with E-state index in [2.05, 4.69) is 22.0 Å². The largest absolute Gasteiger partial charge is 0.294 e. The van der Waals surface area contributed by atoms with Crippen LogP contribution >= 0.6 is 23.4 Å². The van der Waals surface area contributed by atoms with E-state index >= 15 is 0 Å². The van der Waals surface area contributed by atoms with E-state index in [9.17, 15) is 4.79 Å². The number of ketones is 1. The third kappa shape index (κ3) is 3.28. The topological polar surface area (TPSA) is 60.1 Å². The van der Waals surface area contributed by atoms with Gasteiger partial charge in [0.1, 0.15) is 0 Å². The van der Waals surface area contributed by atoms with Crippen molar-refractivity contribution < 1.29 is 4.79 Å². The summed E-state index contributed by atoms with van der Waals surface area (Å²) in [6.45, 7) is 2.12.